The molecule has 0 aliphatic carbocycles. The molecule has 0 radical (unpaired) electrons. The number of methoxy groups -OCH3 is 1. The number of carbonyl (C=O) groups is 1. The number of halogens is 1. The predicted octanol–water partition coefficient (Wildman–Crippen LogP) is 3.77. The molecule has 2 aromatic carbocycles. The summed E-state index contributed by atoms with van der Waals surface area (Å²) in [4.78, 5) is 12.4. The average molecular weight is 439 g/mol. The van der Waals surface area contributed by atoms with Crippen molar-refractivity contribution in [3.05, 3.63) is 57.6 Å². The molecule has 1 atom stereocenters. The first kappa shape index (κ1) is 23.2. The summed E-state index contributed by atoms with van der Waals surface area (Å²) in [7, 11) is -1.23. The highest BCUT2D eigenvalue weighted by Gasteiger charge is 2.27. The van der Waals surface area contributed by atoms with Gasteiger partial charge < -0.3 is 10.1 Å². The van der Waals surface area contributed by atoms with Crippen LogP contribution in [-0.2, 0) is 14.8 Å². The molecule has 0 heterocycles. The van der Waals surface area contributed by atoms with Gasteiger partial charge in [-0.2, -0.15) is 4.31 Å². The number of amides is 1. The standard InChI is InChI=1S/C21H27ClN2O4S/c1-13-9-15(3)18(10-14(13)2)16(4)23-21(25)12-24(5)29(26,27)20-11-17(22)7-8-19(20)28-6/h7-11,16H,12H2,1-6H3,(H,23,25)/t16-/m1/s1. The number of ether oxygens (including phenoxy) is 1. The maximum Gasteiger partial charge on any atom is 0.247 e. The van der Waals surface area contributed by atoms with Crippen LogP contribution in [0.1, 0.15) is 35.2 Å². The van der Waals surface area contributed by atoms with Crippen molar-refractivity contribution in [2.45, 2.75) is 38.6 Å². The molecule has 0 saturated carbocycles. The molecule has 0 aliphatic heterocycles. The normalized spacial score (nSPS) is 12.7. The minimum Gasteiger partial charge on any atom is -0.495 e. The van der Waals surface area contributed by atoms with E-state index in [1.54, 1.807) is 6.07 Å². The van der Waals surface area contributed by atoms with Crippen LogP contribution in [0.5, 0.6) is 5.75 Å². The number of nitrogens with one attached hydrogen (secondary N) is 1. The van der Waals surface area contributed by atoms with Crippen molar-refractivity contribution in [1.82, 2.24) is 9.62 Å². The van der Waals surface area contributed by atoms with Gasteiger partial charge in [-0.25, -0.2) is 8.42 Å². The van der Waals surface area contributed by atoms with Crippen molar-refractivity contribution in [2.24, 2.45) is 0 Å². The fraction of sp³-hybridized carbons (Fsp3) is 0.381. The zero-order valence-electron chi connectivity index (χ0n) is 17.5. The van der Waals surface area contributed by atoms with E-state index in [2.05, 4.69) is 11.4 Å². The van der Waals surface area contributed by atoms with E-state index in [4.69, 9.17) is 16.3 Å². The number of rotatable bonds is 7. The first-order valence-corrected chi connectivity index (χ1v) is 11.0. The molecular formula is C21H27ClN2O4S. The van der Waals surface area contributed by atoms with E-state index in [0.717, 1.165) is 21.0 Å². The first-order valence-electron chi connectivity index (χ1n) is 9.14. The molecule has 158 valence electrons. The Balaban J connectivity index is 2.16. The molecule has 0 aromatic heterocycles. The van der Waals surface area contributed by atoms with Crippen LogP contribution >= 0.6 is 11.6 Å². The summed E-state index contributed by atoms with van der Waals surface area (Å²) < 4.78 is 31.9. The second kappa shape index (κ2) is 9.15. The molecular weight excluding hydrogens is 412 g/mol. The third-order valence-corrected chi connectivity index (χ3v) is 6.97. The number of hydrogen-bond acceptors (Lipinski definition) is 4. The van der Waals surface area contributed by atoms with E-state index in [-0.39, 0.29) is 28.3 Å². The second-order valence-electron chi connectivity index (χ2n) is 7.14. The monoisotopic (exact) mass is 438 g/mol. The number of hydrogen-bond donors (Lipinski definition) is 1. The van der Waals surface area contributed by atoms with E-state index in [1.807, 2.05) is 33.8 Å². The Bertz CT molecular complexity index is 1020. The molecule has 29 heavy (non-hydrogen) atoms. The topological polar surface area (TPSA) is 75.7 Å². The zero-order valence-corrected chi connectivity index (χ0v) is 19.1. The van der Waals surface area contributed by atoms with Crippen molar-refractivity contribution in [2.75, 3.05) is 20.7 Å². The molecule has 6 nitrogen and oxygen atoms in total. The van der Waals surface area contributed by atoms with E-state index in [1.165, 1.54) is 31.9 Å². The van der Waals surface area contributed by atoms with Gasteiger partial charge in [0, 0.05) is 12.1 Å². The second-order valence-corrected chi connectivity index (χ2v) is 9.59. The fourth-order valence-electron chi connectivity index (χ4n) is 3.12. The summed E-state index contributed by atoms with van der Waals surface area (Å²) >= 11 is 5.95. The van der Waals surface area contributed by atoms with Gasteiger partial charge in [-0.3, -0.25) is 4.79 Å². The lowest BCUT2D eigenvalue weighted by Gasteiger charge is -2.22. The van der Waals surface area contributed by atoms with Crippen LogP contribution in [0.2, 0.25) is 5.02 Å². The maximum atomic E-state index is 12.9. The molecule has 0 bridgehead atoms. The van der Waals surface area contributed by atoms with Crippen LogP contribution < -0.4 is 10.1 Å². The minimum absolute atomic E-state index is 0.0825. The Morgan fingerprint density at radius 1 is 1.14 bits per heavy atom. The fourth-order valence-corrected chi connectivity index (χ4v) is 4.66. The minimum atomic E-state index is -3.96. The Labute approximate surface area is 177 Å². The molecule has 0 spiro atoms. The highest BCUT2D eigenvalue weighted by molar-refractivity contribution is 7.89. The lowest BCUT2D eigenvalue weighted by Crippen LogP contribution is -2.39. The number of likely N-dealkylation sites (N-methyl/N-ethyl adjacent to an activating group) is 1. The summed E-state index contributed by atoms with van der Waals surface area (Å²) in [6.45, 7) is 7.60. The predicted molar refractivity (Wildman–Crippen MR) is 115 cm³/mol. The number of carbonyl (C=O) groups excluding carboxylic acids is 1. The van der Waals surface area contributed by atoms with Gasteiger partial charge in [0.25, 0.3) is 0 Å². The lowest BCUT2D eigenvalue weighted by molar-refractivity contribution is -0.121. The van der Waals surface area contributed by atoms with Gasteiger partial charge in [-0.15, -0.1) is 0 Å². The van der Waals surface area contributed by atoms with Crippen LogP contribution in [0, 0.1) is 20.8 Å². The van der Waals surface area contributed by atoms with Crippen LogP contribution in [0.3, 0.4) is 0 Å². The van der Waals surface area contributed by atoms with Gasteiger partial charge >= 0.3 is 0 Å². The zero-order chi connectivity index (χ0) is 21.9. The SMILES string of the molecule is COc1ccc(Cl)cc1S(=O)(=O)N(C)CC(=O)N[C@H](C)c1cc(C)c(C)cc1C. The van der Waals surface area contributed by atoms with Crippen molar-refractivity contribution < 1.29 is 17.9 Å². The Morgan fingerprint density at radius 3 is 2.38 bits per heavy atom. The van der Waals surface area contributed by atoms with Crippen LogP contribution in [0.15, 0.2) is 35.2 Å². The van der Waals surface area contributed by atoms with E-state index < -0.39 is 15.9 Å². The van der Waals surface area contributed by atoms with Gasteiger partial charge in [0.05, 0.1) is 19.7 Å². The van der Waals surface area contributed by atoms with E-state index in [0.29, 0.717) is 0 Å². The molecule has 8 heteroatoms. The van der Waals surface area contributed by atoms with E-state index >= 15 is 0 Å². The Morgan fingerprint density at radius 2 is 1.76 bits per heavy atom. The average Bonchev–Trinajstić information content (AvgIpc) is 2.64. The van der Waals surface area contributed by atoms with E-state index in [9.17, 15) is 13.2 Å². The molecule has 0 saturated heterocycles. The van der Waals surface area contributed by atoms with Gasteiger partial charge in [0.1, 0.15) is 10.6 Å². The largest absolute Gasteiger partial charge is 0.495 e. The summed E-state index contributed by atoms with van der Waals surface area (Å²) in [6.07, 6.45) is 0. The summed E-state index contributed by atoms with van der Waals surface area (Å²) in [6, 6.07) is 8.21. The number of sulfonamides is 1. The third-order valence-electron chi connectivity index (χ3n) is 4.91. The number of benzene rings is 2. The molecule has 1 amide bonds. The maximum absolute atomic E-state index is 12.9. The highest BCUT2D eigenvalue weighted by atomic mass is 35.5. The molecule has 2 rings (SSSR count). The molecule has 1 N–H and O–H groups in total. The van der Waals surface area contributed by atoms with Crippen molar-refractivity contribution in [3.63, 3.8) is 0 Å². The summed E-state index contributed by atoms with van der Waals surface area (Å²) in [5.74, 6) is -0.233. The summed E-state index contributed by atoms with van der Waals surface area (Å²) in [5.41, 5.74) is 4.40. The van der Waals surface area contributed by atoms with Gasteiger partial charge in [-0.05, 0) is 68.1 Å². The van der Waals surface area contributed by atoms with Gasteiger partial charge in [0.2, 0.25) is 15.9 Å². The van der Waals surface area contributed by atoms with Crippen molar-refractivity contribution in [3.8, 4) is 5.75 Å². The van der Waals surface area contributed by atoms with Crippen LogP contribution in [0.4, 0.5) is 0 Å². The lowest BCUT2D eigenvalue weighted by atomic mass is 9.96. The molecule has 0 fully saturated rings. The van der Waals surface area contributed by atoms with Crippen LogP contribution in [0.25, 0.3) is 0 Å². The Hall–Kier alpha value is -2.09. The van der Waals surface area contributed by atoms with Crippen LogP contribution in [-0.4, -0.2) is 39.3 Å². The smallest absolute Gasteiger partial charge is 0.247 e. The first-order chi connectivity index (χ1) is 13.5. The molecule has 2 aromatic rings. The third kappa shape index (κ3) is 5.29. The number of nitrogens with zero attached hydrogens (tertiary/aromatic N) is 1. The quantitative estimate of drug-likeness (QED) is 0.713. The van der Waals surface area contributed by atoms with Gasteiger partial charge in [0.15, 0.2) is 0 Å². The van der Waals surface area contributed by atoms with Gasteiger partial charge in [-0.1, -0.05) is 23.7 Å². The highest BCUT2D eigenvalue weighted by Crippen LogP contribution is 2.29. The number of aryl methyl sites for hydroxylation is 3. The van der Waals surface area contributed by atoms with Crippen molar-refractivity contribution in [1.29, 1.82) is 0 Å². The Kier molecular flexibility index (Phi) is 7.32. The summed E-state index contributed by atoms with van der Waals surface area (Å²) in [5, 5.41) is 3.14. The van der Waals surface area contributed by atoms with Crippen molar-refractivity contribution >= 4 is 27.5 Å². The molecule has 0 aliphatic rings. The molecule has 0 unspecified atom stereocenters.